The summed E-state index contributed by atoms with van der Waals surface area (Å²) in [5.74, 6) is -0.0162. The highest BCUT2D eigenvalue weighted by atomic mass is 35.5. The number of halogens is 2. The first-order chi connectivity index (χ1) is 10.1. The molecule has 0 fully saturated rings. The molecule has 0 aliphatic rings. The second-order valence-corrected chi connectivity index (χ2v) is 5.60. The topological polar surface area (TPSA) is 30.0 Å². The lowest BCUT2D eigenvalue weighted by Crippen LogP contribution is -2.04. The number of rotatable bonds is 3. The normalized spacial score (nSPS) is 10.8. The highest BCUT2D eigenvalue weighted by Gasteiger charge is 2.11. The molecule has 0 atom stereocenters. The second kappa shape index (κ2) is 5.84. The molecule has 0 unspecified atom stereocenters. The fraction of sp³-hybridized carbons (Fsp3) is 0.0588. The van der Waals surface area contributed by atoms with Crippen LogP contribution in [0.4, 0.5) is 0 Å². The molecule has 3 rings (SSSR count). The number of benzene rings is 2. The van der Waals surface area contributed by atoms with Gasteiger partial charge in [-0.25, -0.2) is 0 Å². The summed E-state index contributed by atoms with van der Waals surface area (Å²) < 4.78 is 0. The van der Waals surface area contributed by atoms with Crippen molar-refractivity contribution in [3.05, 3.63) is 75.9 Å². The first-order valence-electron chi connectivity index (χ1n) is 6.45. The summed E-state index contributed by atoms with van der Waals surface area (Å²) in [7, 11) is 0. The van der Waals surface area contributed by atoms with Crippen LogP contribution in [0.15, 0.2) is 54.7 Å². The molecule has 0 amide bonds. The molecule has 104 valence electrons. The van der Waals surface area contributed by atoms with Gasteiger partial charge < -0.3 is 0 Å². The van der Waals surface area contributed by atoms with E-state index in [0.29, 0.717) is 15.6 Å². The van der Waals surface area contributed by atoms with Crippen LogP contribution in [0.25, 0.3) is 10.9 Å². The van der Waals surface area contributed by atoms with E-state index in [1.165, 1.54) is 0 Å². The van der Waals surface area contributed by atoms with Crippen molar-refractivity contribution in [2.24, 2.45) is 0 Å². The summed E-state index contributed by atoms with van der Waals surface area (Å²) in [5, 5.41) is 2.01. The van der Waals surface area contributed by atoms with Gasteiger partial charge in [0.15, 0.2) is 5.78 Å². The van der Waals surface area contributed by atoms with Gasteiger partial charge in [0.25, 0.3) is 0 Å². The number of fused-ring (bicyclic) bond motifs is 1. The third kappa shape index (κ3) is 3.07. The zero-order valence-electron chi connectivity index (χ0n) is 11.0. The van der Waals surface area contributed by atoms with E-state index in [9.17, 15) is 4.79 Å². The quantitative estimate of drug-likeness (QED) is 0.639. The number of hydrogen-bond acceptors (Lipinski definition) is 2. The van der Waals surface area contributed by atoms with Crippen LogP contribution in [0.3, 0.4) is 0 Å². The lowest BCUT2D eigenvalue weighted by atomic mass is 10.0. The van der Waals surface area contributed by atoms with E-state index in [1.54, 1.807) is 24.4 Å². The maximum atomic E-state index is 12.4. The molecule has 21 heavy (non-hydrogen) atoms. The number of hydrogen-bond donors (Lipinski definition) is 0. The third-order valence-corrected chi connectivity index (χ3v) is 3.87. The van der Waals surface area contributed by atoms with E-state index in [0.717, 1.165) is 16.5 Å². The molecule has 4 heteroatoms. The van der Waals surface area contributed by atoms with Crippen molar-refractivity contribution in [3.8, 4) is 0 Å². The van der Waals surface area contributed by atoms with Crippen LogP contribution in [0.5, 0.6) is 0 Å². The van der Waals surface area contributed by atoms with Crippen molar-refractivity contribution >= 4 is 39.9 Å². The van der Waals surface area contributed by atoms with Crippen molar-refractivity contribution < 1.29 is 4.79 Å². The van der Waals surface area contributed by atoms with Crippen molar-refractivity contribution in [2.75, 3.05) is 0 Å². The van der Waals surface area contributed by atoms with Gasteiger partial charge in [-0.05, 0) is 29.8 Å². The van der Waals surface area contributed by atoms with Crippen LogP contribution in [-0.4, -0.2) is 10.8 Å². The summed E-state index contributed by atoms with van der Waals surface area (Å²) in [6.07, 6.45) is 1.84. The van der Waals surface area contributed by atoms with Crippen molar-refractivity contribution in [3.63, 3.8) is 0 Å². The van der Waals surface area contributed by atoms with Crippen LogP contribution in [-0.2, 0) is 6.42 Å². The molecule has 0 aliphatic heterocycles. The highest BCUT2D eigenvalue weighted by Crippen LogP contribution is 2.23. The number of nitrogens with zero attached hydrogens (tertiary/aromatic N) is 1. The van der Waals surface area contributed by atoms with Gasteiger partial charge in [-0.3, -0.25) is 9.78 Å². The molecule has 1 aromatic heterocycles. The van der Waals surface area contributed by atoms with Crippen molar-refractivity contribution in [2.45, 2.75) is 6.42 Å². The number of para-hydroxylation sites is 1. The van der Waals surface area contributed by atoms with E-state index in [1.807, 2.05) is 30.3 Å². The molecule has 0 bridgehead atoms. The Bertz CT molecular complexity index is 830. The Labute approximate surface area is 132 Å². The minimum Gasteiger partial charge on any atom is -0.294 e. The maximum absolute atomic E-state index is 12.4. The standard InChI is InChI=1S/C17H11Cl2NO/c18-14-6-5-11(15(19)9-14)8-17(21)13-7-12-3-1-2-4-16(12)20-10-13/h1-7,9-10H,8H2. The average Bonchev–Trinajstić information content (AvgIpc) is 2.49. The molecule has 0 spiro atoms. The fourth-order valence-electron chi connectivity index (χ4n) is 2.16. The minimum absolute atomic E-state index is 0.0162. The Morgan fingerprint density at radius 3 is 2.67 bits per heavy atom. The maximum Gasteiger partial charge on any atom is 0.168 e. The van der Waals surface area contributed by atoms with E-state index < -0.39 is 0 Å². The van der Waals surface area contributed by atoms with Crippen LogP contribution in [0, 0.1) is 0 Å². The molecule has 2 aromatic carbocycles. The van der Waals surface area contributed by atoms with E-state index in [2.05, 4.69) is 4.98 Å². The molecule has 0 saturated heterocycles. The molecule has 3 aromatic rings. The van der Waals surface area contributed by atoms with Crippen LogP contribution in [0.1, 0.15) is 15.9 Å². The predicted molar refractivity (Wildman–Crippen MR) is 86.2 cm³/mol. The Morgan fingerprint density at radius 1 is 1.05 bits per heavy atom. The van der Waals surface area contributed by atoms with Gasteiger partial charge in [-0.1, -0.05) is 47.5 Å². The smallest absolute Gasteiger partial charge is 0.168 e. The van der Waals surface area contributed by atoms with Gasteiger partial charge in [0.05, 0.1) is 5.52 Å². The number of ketones is 1. The summed E-state index contributed by atoms with van der Waals surface area (Å²) in [6.45, 7) is 0. The van der Waals surface area contributed by atoms with Crippen molar-refractivity contribution in [1.82, 2.24) is 4.98 Å². The van der Waals surface area contributed by atoms with Crippen LogP contribution in [0.2, 0.25) is 10.0 Å². The largest absolute Gasteiger partial charge is 0.294 e. The summed E-state index contributed by atoms with van der Waals surface area (Å²) in [5.41, 5.74) is 2.22. The molecule has 0 N–H and O–H groups in total. The van der Waals surface area contributed by atoms with Gasteiger partial charge in [0.2, 0.25) is 0 Å². The minimum atomic E-state index is -0.0162. The Morgan fingerprint density at radius 2 is 1.86 bits per heavy atom. The zero-order valence-corrected chi connectivity index (χ0v) is 12.5. The van der Waals surface area contributed by atoms with Crippen molar-refractivity contribution in [1.29, 1.82) is 0 Å². The first kappa shape index (κ1) is 14.1. The Balaban J connectivity index is 1.89. The monoisotopic (exact) mass is 315 g/mol. The lowest BCUT2D eigenvalue weighted by molar-refractivity contribution is 0.0993. The second-order valence-electron chi connectivity index (χ2n) is 4.75. The number of pyridine rings is 1. The fourth-order valence-corrected chi connectivity index (χ4v) is 2.64. The van der Waals surface area contributed by atoms with Crippen LogP contribution < -0.4 is 0 Å². The van der Waals surface area contributed by atoms with E-state index in [4.69, 9.17) is 23.2 Å². The van der Waals surface area contributed by atoms with E-state index in [-0.39, 0.29) is 12.2 Å². The van der Waals surface area contributed by atoms with Gasteiger partial charge in [-0.2, -0.15) is 0 Å². The first-order valence-corrected chi connectivity index (χ1v) is 7.21. The van der Waals surface area contributed by atoms with Gasteiger partial charge in [-0.15, -0.1) is 0 Å². The molecule has 1 heterocycles. The molecule has 0 radical (unpaired) electrons. The lowest BCUT2D eigenvalue weighted by Gasteiger charge is -2.05. The average molecular weight is 316 g/mol. The zero-order chi connectivity index (χ0) is 14.8. The predicted octanol–water partition coefficient (Wildman–Crippen LogP) is 4.97. The molecular weight excluding hydrogens is 305 g/mol. The third-order valence-electron chi connectivity index (χ3n) is 3.28. The molecular formula is C17H11Cl2NO. The number of carbonyl (C=O) groups excluding carboxylic acids is 1. The number of Topliss-reactive ketones (excluding diaryl/α,β-unsaturated/α-hetero) is 1. The Kier molecular flexibility index (Phi) is 3.91. The van der Waals surface area contributed by atoms with Gasteiger partial charge in [0, 0.05) is 33.6 Å². The molecule has 2 nitrogen and oxygen atoms in total. The summed E-state index contributed by atoms with van der Waals surface area (Å²) >= 11 is 12.0. The van der Waals surface area contributed by atoms with Gasteiger partial charge in [0.1, 0.15) is 0 Å². The molecule has 0 aliphatic carbocycles. The SMILES string of the molecule is O=C(Cc1ccc(Cl)cc1Cl)c1cnc2ccccc2c1. The summed E-state index contributed by atoms with van der Waals surface area (Å²) in [4.78, 5) is 16.7. The van der Waals surface area contributed by atoms with Gasteiger partial charge >= 0.3 is 0 Å². The van der Waals surface area contributed by atoms with Crippen LogP contribution >= 0.6 is 23.2 Å². The summed E-state index contributed by atoms with van der Waals surface area (Å²) in [6, 6.07) is 14.7. The van der Waals surface area contributed by atoms with E-state index >= 15 is 0 Å². The molecule has 0 saturated carbocycles. The number of aromatic nitrogens is 1. The highest BCUT2D eigenvalue weighted by molar-refractivity contribution is 6.35. The number of carbonyl (C=O) groups is 1. The Hall–Kier alpha value is -1.90.